The van der Waals surface area contributed by atoms with Crippen LogP contribution in [0, 0.1) is 0 Å². The zero-order chi connectivity index (χ0) is 45.1. The first kappa shape index (κ1) is 59.1. The van der Waals surface area contributed by atoms with Crippen LogP contribution in [0.4, 0.5) is 0 Å². The van der Waals surface area contributed by atoms with Gasteiger partial charge in [-0.15, -0.1) is 0 Å². The topological polar surface area (TPSA) is 78.9 Å². The maximum absolute atomic E-state index is 12.8. The third kappa shape index (κ3) is 48.1. The number of esters is 3. The van der Waals surface area contributed by atoms with E-state index in [2.05, 4.69) is 81.5 Å². The maximum atomic E-state index is 12.8. The van der Waals surface area contributed by atoms with Gasteiger partial charge in [0, 0.05) is 19.3 Å². The van der Waals surface area contributed by atoms with Gasteiger partial charge in [0.05, 0.1) is 0 Å². The fraction of sp³-hybridized carbons (Fsp3) is 0.768. The van der Waals surface area contributed by atoms with E-state index in [9.17, 15) is 14.4 Å². The largest absolute Gasteiger partial charge is 0.462 e. The van der Waals surface area contributed by atoms with Crippen LogP contribution in [-0.4, -0.2) is 37.2 Å². The molecule has 0 aliphatic carbocycles. The minimum absolute atomic E-state index is 0.0860. The van der Waals surface area contributed by atoms with Gasteiger partial charge in [0.15, 0.2) is 6.10 Å². The van der Waals surface area contributed by atoms with Crippen LogP contribution in [-0.2, 0) is 28.6 Å². The van der Waals surface area contributed by atoms with E-state index in [-0.39, 0.29) is 31.1 Å². The van der Waals surface area contributed by atoms with Gasteiger partial charge in [0.25, 0.3) is 0 Å². The summed E-state index contributed by atoms with van der Waals surface area (Å²) in [5, 5.41) is 0. The second-order valence-corrected chi connectivity index (χ2v) is 17.4. The highest BCUT2D eigenvalue weighted by Gasteiger charge is 2.19. The quantitative estimate of drug-likeness (QED) is 0.0262. The molecule has 1 atom stereocenters. The molecule has 0 amide bonds. The second-order valence-electron chi connectivity index (χ2n) is 17.4. The van der Waals surface area contributed by atoms with E-state index >= 15 is 0 Å². The normalized spacial score (nSPS) is 12.5. The highest BCUT2D eigenvalue weighted by Crippen LogP contribution is 2.14. The van der Waals surface area contributed by atoms with Crippen molar-refractivity contribution < 1.29 is 28.6 Å². The molecule has 0 aromatic rings. The number of allylic oxidation sites excluding steroid dienone is 10. The molecule has 0 spiro atoms. The van der Waals surface area contributed by atoms with Crippen molar-refractivity contribution in [3.63, 3.8) is 0 Å². The molecule has 0 aromatic heterocycles. The van der Waals surface area contributed by atoms with Gasteiger partial charge in [-0.3, -0.25) is 14.4 Å². The highest BCUT2D eigenvalue weighted by molar-refractivity contribution is 5.71. The van der Waals surface area contributed by atoms with E-state index < -0.39 is 6.10 Å². The number of hydrogen-bond donors (Lipinski definition) is 0. The summed E-state index contributed by atoms with van der Waals surface area (Å²) in [7, 11) is 0. The first-order valence-electron chi connectivity index (χ1n) is 26.3. The Kier molecular flexibility index (Phi) is 48.4. The van der Waals surface area contributed by atoms with E-state index in [1.54, 1.807) is 0 Å². The van der Waals surface area contributed by atoms with Crippen LogP contribution in [0.15, 0.2) is 60.8 Å². The van der Waals surface area contributed by atoms with Crippen molar-refractivity contribution in [3.05, 3.63) is 60.8 Å². The Balaban J connectivity index is 4.42. The Bertz CT molecular complexity index is 1130. The lowest BCUT2D eigenvalue weighted by Crippen LogP contribution is -2.30. The number of carbonyl (C=O) groups excluding carboxylic acids is 3. The molecule has 0 aliphatic rings. The molecular weight excluding hydrogens is 769 g/mol. The van der Waals surface area contributed by atoms with Gasteiger partial charge < -0.3 is 14.2 Å². The van der Waals surface area contributed by atoms with E-state index in [4.69, 9.17) is 14.2 Å². The van der Waals surface area contributed by atoms with Crippen molar-refractivity contribution >= 4 is 17.9 Å². The zero-order valence-electron chi connectivity index (χ0n) is 40.9. The van der Waals surface area contributed by atoms with Crippen LogP contribution in [0.2, 0.25) is 0 Å². The first-order valence-corrected chi connectivity index (χ1v) is 26.3. The average Bonchev–Trinajstić information content (AvgIpc) is 3.27. The van der Waals surface area contributed by atoms with Gasteiger partial charge in [-0.1, -0.05) is 210 Å². The van der Waals surface area contributed by atoms with E-state index in [0.29, 0.717) is 19.3 Å². The lowest BCUT2D eigenvalue weighted by molar-refractivity contribution is -0.167. The van der Waals surface area contributed by atoms with Gasteiger partial charge in [0.1, 0.15) is 13.2 Å². The van der Waals surface area contributed by atoms with Crippen molar-refractivity contribution in [2.75, 3.05) is 13.2 Å². The summed E-state index contributed by atoms with van der Waals surface area (Å²) in [6.07, 6.45) is 62.0. The van der Waals surface area contributed by atoms with Crippen molar-refractivity contribution in [3.8, 4) is 0 Å². The van der Waals surface area contributed by atoms with Gasteiger partial charge in [0.2, 0.25) is 0 Å². The summed E-state index contributed by atoms with van der Waals surface area (Å²) in [5.41, 5.74) is 0. The Hall–Kier alpha value is -2.89. The Labute approximate surface area is 383 Å². The lowest BCUT2D eigenvalue weighted by Gasteiger charge is -2.18. The van der Waals surface area contributed by atoms with Crippen LogP contribution in [0.3, 0.4) is 0 Å². The van der Waals surface area contributed by atoms with Gasteiger partial charge >= 0.3 is 17.9 Å². The second kappa shape index (κ2) is 50.8. The number of rotatable bonds is 47. The van der Waals surface area contributed by atoms with E-state index in [0.717, 1.165) is 96.3 Å². The summed E-state index contributed by atoms with van der Waals surface area (Å²) < 4.78 is 16.8. The molecule has 0 fully saturated rings. The van der Waals surface area contributed by atoms with Crippen LogP contribution < -0.4 is 0 Å². The fourth-order valence-corrected chi connectivity index (χ4v) is 7.24. The molecule has 6 nitrogen and oxygen atoms in total. The van der Waals surface area contributed by atoms with Crippen molar-refractivity contribution in [1.29, 1.82) is 0 Å². The SMILES string of the molecule is CCCCC/C=C\C/C=C\C/C=C\C/C=C\CCCCCC(=O)OC[C@H](COC(=O)CCCCCCCCCCCCCC)OC(=O)CCCCCCC/C=C\CCCCCC. The molecule has 0 unspecified atom stereocenters. The standard InChI is InChI=1S/C56H98O6/c1-4-7-10-13-16-19-22-25-26-27-28-29-30-32-34-37-40-43-46-49-55(58)61-52-53(51-60-54(57)48-45-42-39-36-33-24-21-18-15-12-9-6-3)62-56(59)50-47-44-41-38-35-31-23-20-17-14-11-8-5-2/h16,19-20,23,25-26,28-29,32,34,53H,4-15,17-18,21-22,24,27,30-31,33,35-52H2,1-3H3/b19-16-,23-20-,26-25-,29-28-,34-32-/t53-/m0/s1. The molecule has 0 rings (SSSR count). The molecule has 0 radical (unpaired) electrons. The maximum Gasteiger partial charge on any atom is 0.306 e. The van der Waals surface area contributed by atoms with Gasteiger partial charge in [-0.05, 0) is 89.9 Å². The van der Waals surface area contributed by atoms with Crippen molar-refractivity contribution in [1.82, 2.24) is 0 Å². The predicted molar refractivity (Wildman–Crippen MR) is 265 cm³/mol. The van der Waals surface area contributed by atoms with E-state index in [1.807, 2.05) is 0 Å². The smallest absolute Gasteiger partial charge is 0.306 e. The molecule has 0 heterocycles. The van der Waals surface area contributed by atoms with Crippen LogP contribution in [0.5, 0.6) is 0 Å². The Morgan fingerprint density at radius 2 is 0.581 bits per heavy atom. The first-order chi connectivity index (χ1) is 30.5. The van der Waals surface area contributed by atoms with Crippen molar-refractivity contribution in [2.45, 2.75) is 264 Å². The lowest BCUT2D eigenvalue weighted by atomic mass is 10.0. The number of ether oxygens (including phenoxy) is 3. The third-order valence-electron chi connectivity index (χ3n) is 11.2. The third-order valence-corrected chi connectivity index (χ3v) is 11.2. The summed E-state index contributed by atoms with van der Waals surface area (Å²) in [6, 6.07) is 0. The molecule has 0 bridgehead atoms. The summed E-state index contributed by atoms with van der Waals surface area (Å²) >= 11 is 0. The van der Waals surface area contributed by atoms with E-state index in [1.165, 1.54) is 122 Å². The number of unbranched alkanes of at least 4 members (excludes halogenated alkanes) is 26. The molecule has 62 heavy (non-hydrogen) atoms. The zero-order valence-corrected chi connectivity index (χ0v) is 40.9. The molecule has 0 N–H and O–H groups in total. The van der Waals surface area contributed by atoms with Gasteiger partial charge in [-0.2, -0.15) is 0 Å². The predicted octanol–water partition coefficient (Wildman–Crippen LogP) is 17.3. The minimum Gasteiger partial charge on any atom is -0.462 e. The highest BCUT2D eigenvalue weighted by atomic mass is 16.6. The van der Waals surface area contributed by atoms with Crippen LogP contribution in [0.1, 0.15) is 258 Å². The number of carbonyl (C=O) groups is 3. The molecule has 0 saturated carbocycles. The fourth-order valence-electron chi connectivity index (χ4n) is 7.24. The molecule has 0 aromatic carbocycles. The van der Waals surface area contributed by atoms with Crippen LogP contribution >= 0.6 is 0 Å². The summed E-state index contributed by atoms with van der Waals surface area (Å²) in [6.45, 7) is 6.56. The van der Waals surface area contributed by atoms with Gasteiger partial charge in [-0.25, -0.2) is 0 Å². The summed E-state index contributed by atoms with van der Waals surface area (Å²) in [5.74, 6) is -0.922. The molecule has 358 valence electrons. The molecule has 6 heteroatoms. The molecular formula is C56H98O6. The monoisotopic (exact) mass is 867 g/mol. The van der Waals surface area contributed by atoms with Crippen molar-refractivity contribution in [2.24, 2.45) is 0 Å². The number of hydrogen-bond acceptors (Lipinski definition) is 6. The Morgan fingerprint density at radius 3 is 0.984 bits per heavy atom. The summed E-state index contributed by atoms with van der Waals surface area (Å²) in [4.78, 5) is 37.9. The average molecular weight is 867 g/mol. The molecule has 0 aliphatic heterocycles. The minimum atomic E-state index is -0.788. The molecule has 0 saturated heterocycles. The van der Waals surface area contributed by atoms with Crippen LogP contribution in [0.25, 0.3) is 0 Å². The Morgan fingerprint density at radius 1 is 0.323 bits per heavy atom.